The smallest absolute Gasteiger partial charge is 0.339 e. The third-order valence-corrected chi connectivity index (χ3v) is 5.80. The first-order valence-corrected chi connectivity index (χ1v) is 10.4. The number of thioether (sulfide) groups is 1. The van der Waals surface area contributed by atoms with Crippen LogP contribution in [0.3, 0.4) is 0 Å². The van der Waals surface area contributed by atoms with Gasteiger partial charge in [-0.3, -0.25) is 4.79 Å². The molecule has 0 unspecified atom stereocenters. The van der Waals surface area contributed by atoms with Gasteiger partial charge in [-0.1, -0.05) is 24.3 Å². The van der Waals surface area contributed by atoms with Crippen molar-refractivity contribution in [1.82, 2.24) is 4.98 Å². The maximum absolute atomic E-state index is 12.5. The number of esters is 1. The van der Waals surface area contributed by atoms with E-state index in [0.29, 0.717) is 22.6 Å². The summed E-state index contributed by atoms with van der Waals surface area (Å²) in [6.45, 7) is 1.64. The van der Waals surface area contributed by atoms with Gasteiger partial charge in [0.1, 0.15) is 5.75 Å². The number of nitrogens with zero attached hydrogens (tertiary/aromatic N) is 1. The second-order valence-corrected chi connectivity index (χ2v) is 7.95. The second-order valence-electron chi connectivity index (χ2n) is 5.87. The SMILES string of the molecule is COc1cccc(C(=O)COC(=O)c2ccccc2SCc2csc(C)n2)c1. The molecule has 0 aliphatic rings. The maximum Gasteiger partial charge on any atom is 0.339 e. The Morgan fingerprint density at radius 3 is 2.71 bits per heavy atom. The number of Topliss-reactive ketones (excluding diaryl/α,β-unsaturated/α-hetero) is 1. The standard InChI is InChI=1S/C21H19NO4S2/c1-14-22-16(12-27-14)13-28-20-9-4-3-8-18(20)21(24)26-11-19(23)15-6-5-7-17(10-15)25-2/h3-10,12H,11,13H2,1-2H3. The molecule has 0 radical (unpaired) electrons. The van der Waals surface area contributed by atoms with Gasteiger partial charge < -0.3 is 9.47 Å². The van der Waals surface area contributed by atoms with Gasteiger partial charge in [0.05, 0.1) is 23.4 Å². The Morgan fingerprint density at radius 1 is 1.14 bits per heavy atom. The van der Waals surface area contributed by atoms with Crippen LogP contribution in [0.4, 0.5) is 0 Å². The normalized spacial score (nSPS) is 10.5. The van der Waals surface area contributed by atoms with Crippen LogP contribution < -0.4 is 4.74 Å². The Bertz CT molecular complexity index is 984. The molecular formula is C21H19NO4S2. The van der Waals surface area contributed by atoms with Gasteiger partial charge in [0.25, 0.3) is 0 Å². The van der Waals surface area contributed by atoms with E-state index >= 15 is 0 Å². The van der Waals surface area contributed by atoms with E-state index in [2.05, 4.69) is 4.98 Å². The van der Waals surface area contributed by atoms with Crippen molar-refractivity contribution in [2.24, 2.45) is 0 Å². The van der Waals surface area contributed by atoms with Crippen molar-refractivity contribution >= 4 is 34.9 Å². The van der Waals surface area contributed by atoms with Crippen LogP contribution in [0.5, 0.6) is 5.75 Å². The molecular weight excluding hydrogens is 394 g/mol. The first-order valence-electron chi connectivity index (χ1n) is 8.54. The van der Waals surface area contributed by atoms with E-state index < -0.39 is 5.97 Å². The van der Waals surface area contributed by atoms with Crippen molar-refractivity contribution in [3.63, 3.8) is 0 Å². The highest BCUT2D eigenvalue weighted by Crippen LogP contribution is 2.27. The summed E-state index contributed by atoms with van der Waals surface area (Å²) in [4.78, 5) is 30.0. The average Bonchev–Trinajstić information content (AvgIpc) is 3.15. The molecule has 0 amide bonds. The Labute approximate surface area is 171 Å². The van der Waals surface area contributed by atoms with Crippen LogP contribution in [0, 0.1) is 6.92 Å². The number of carbonyl (C=O) groups excluding carboxylic acids is 2. The molecule has 144 valence electrons. The number of carbonyl (C=O) groups is 2. The van der Waals surface area contributed by atoms with Gasteiger partial charge >= 0.3 is 5.97 Å². The molecule has 2 aromatic carbocycles. The minimum absolute atomic E-state index is 0.282. The fourth-order valence-electron chi connectivity index (χ4n) is 2.48. The molecule has 0 bridgehead atoms. The largest absolute Gasteiger partial charge is 0.497 e. The minimum Gasteiger partial charge on any atom is -0.497 e. The molecule has 28 heavy (non-hydrogen) atoms. The van der Waals surface area contributed by atoms with Gasteiger partial charge in [-0.05, 0) is 31.2 Å². The number of ketones is 1. The van der Waals surface area contributed by atoms with Crippen molar-refractivity contribution in [1.29, 1.82) is 0 Å². The summed E-state index contributed by atoms with van der Waals surface area (Å²) in [6, 6.07) is 14.0. The molecule has 7 heteroatoms. The van der Waals surface area contributed by atoms with Crippen LogP contribution in [0.25, 0.3) is 0 Å². The molecule has 5 nitrogen and oxygen atoms in total. The van der Waals surface area contributed by atoms with Crippen molar-refractivity contribution in [2.45, 2.75) is 17.6 Å². The number of thiazole rings is 1. The van der Waals surface area contributed by atoms with E-state index in [1.807, 2.05) is 24.4 Å². The van der Waals surface area contributed by atoms with Crippen LogP contribution in [0.1, 0.15) is 31.4 Å². The lowest BCUT2D eigenvalue weighted by molar-refractivity contribution is 0.0471. The highest BCUT2D eigenvalue weighted by atomic mass is 32.2. The van der Waals surface area contributed by atoms with Crippen molar-refractivity contribution in [3.8, 4) is 5.75 Å². The number of methoxy groups -OCH3 is 1. The quantitative estimate of drug-likeness (QED) is 0.300. The van der Waals surface area contributed by atoms with Gasteiger partial charge in [-0.2, -0.15) is 0 Å². The van der Waals surface area contributed by atoms with Crippen molar-refractivity contribution in [3.05, 3.63) is 75.7 Å². The Hall–Kier alpha value is -2.64. The van der Waals surface area contributed by atoms with Crippen LogP contribution in [0.15, 0.2) is 58.8 Å². The molecule has 1 aromatic heterocycles. The fourth-order valence-corrected chi connectivity index (χ4v) is 4.13. The molecule has 0 fully saturated rings. The topological polar surface area (TPSA) is 65.5 Å². The van der Waals surface area contributed by atoms with Gasteiger partial charge in [0, 0.05) is 21.6 Å². The molecule has 0 saturated heterocycles. The zero-order valence-corrected chi connectivity index (χ0v) is 17.1. The van der Waals surface area contributed by atoms with E-state index in [0.717, 1.165) is 15.6 Å². The summed E-state index contributed by atoms with van der Waals surface area (Å²) < 4.78 is 10.4. The summed E-state index contributed by atoms with van der Waals surface area (Å²) in [5.74, 6) is 0.442. The minimum atomic E-state index is -0.520. The second kappa shape index (κ2) is 9.52. The van der Waals surface area contributed by atoms with Crippen LogP contribution in [-0.2, 0) is 10.5 Å². The monoisotopic (exact) mass is 413 g/mol. The number of aryl methyl sites for hydroxylation is 1. The number of ether oxygens (including phenoxy) is 2. The summed E-state index contributed by atoms with van der Waals surface area (Å²) in [7, 11) is 1.53. The molecule has 0 N–H and O–H groups in total. The van der Waals surface area contributed by atoms with Crippen LogP contribution in [-0.4, -0.2) is 30.5 Å². The van der Waals surface area contributed by atoms with Gasteiger partial charge in [0.2, 0.25) is 0 Å². The van der Waals surface area contributed by atoms with Gasteiger partial charge in [0.15, 0.2) is 12.4 Å². The number of aromatic nitrogens is 1. The summed E-state index contributed by atoms with van der Waals surface area (Å²) in [6.07, 6.45) is 0. The molecule has 0 aliphatic carbocycles. The highest BCUT2D eigenvalue weighted by Gasteiger charge is 2.16. The van der Waals surface area contributed by atoms with Gasteiger partial charge in [-0.15, -0.1) is 23.1 Å². The third-order valence-electron chi connectivity index (χ3n) is 3.88. The van der Waals surface area contributed by atoms with E-state index in [1.165, 1.54) is 18.9 Å². The van der Waals surface area contributed by atoms with Gasteiger partial charge in [-0.25, -0.2) is 9.78 Å². The van der Waals surface area contributed by atoms with E-state index in [1.54, 1.807) is 47.7 Å². The number of benzene rings is 2. The molecule has 0 atom stereocenters. The fraction of sp³-hybridized carbons (Fsp3) is 0.190. The summed E-state index contributed by atoms with van der Waals surface area (Å²) in [5.41, 5.74) is 1.86. The zero-order chi connectivity index (χ0) is 19.9. The van der Waals surface area contributed by atoms with E-state index in [4.69, 9.17) is 9.47 Å². The first-order chi connectivity index (χ1) is 13.6. The third kappa shape index (κ3) is 5.21. The van der Waals surface area contributed by atoms with Crippen molar-refractivity contribution < 1.29 is 19.1 Å². The molecule has 0 saturated carbocycles. The lowest BCUT2D eigenvalue weighted by Crippen LogP contribution is -2.15. The number of hydrogen-bond donors (Lipinski definition) is 0. The van der Waals surface area contributed by atoms with E-state index in [9.17, 15) is 9.59 Å². The predicted molar refractivity (Wildman–Crippen MR) is 110 cm³/mol. The van der Waals surface area contributed by atoms with Crippen LogP contribution >= 0.6 is 23.1 Å². The van der Waals surface area contributed by atoms with Crippen LogP contribution in [0.2, 0.25) is 0 Å². The number of rotatable bonds is 8. The maximum atomic E-state index is 12.5. The zero-order valence-electron chi connectivity index (χ0n) is 15.5. The lowest BCUT2D eigenvalue weighted by Gasteiger charge is -2.09. The highest BCUT2D eigenvalue weighted by molar-refractivity contribution is 7.98. The van der Waals surface area contributed by atoms with Crippen molar-refractivity contribution in [2.75, 3.05) is 13.7 Å². The average molecular weight is 414 g/mol. The molecule has 0 aliphatic heterocycles. The molecule has 1 heterocycles. The summed E-state index contributed by atoms with van der Waals surface area (Å²) in [5, 5.41) is 3.02. The molecule has 3 rings (SSSR count). The number of hydrogen-bond acceptors (Lipinski definition) is 7. The summed E-state index contributed by atoms with van der Waals surface area (Å²) >= 11 is 3.12. The Balaban J connectivity index is 1.63. The molecule has 0 spiro atoms. The molecule has 3 aromatic rings. The van der Waals surface area contributed by atoms with E-state index in [-0.39, 0.29) is 12.4 Å². The Morgan fingerprint density at radius 2 is 1.96 bits per heavy atom. The predicted octanol–water partition coefficient (Wildman–Crippen LogP) is 4.79. The Kier molecular flexibility index (Phi) is 6.84. The lowest BCUT2D eigenvalue weighted by atomic mass is 10.1. The first kappa shape index (κ1) is 20.1.